The number of fused-ring (bicyclic) bond motifs is 3. The number of amides is 5. The van der Waals surface area contributed by atoms with E-state index in [1.54, 1.807) is 35.3 Å². The fraction of sp³-hybridized carbons (Fsp3) is 0.593. The number of carbonyl (C=O) groups is 5. The van der Waals surface area contributed by atoms with Gasteiger partial charge in [-0.1, -0.05) is 36.5 Å². The molecule has 0 aromatic carbocycles. The summed E-state index contributed by atoms with van der Waals surface area (Å²) in [6.07, 6.45) is 13.5. The van der Waals surface area contributed by atoms with E-state index in [1.165, 1.54) is 14.4 Å². The van der Waals surface area contributed by atoms with Crippen LogP contribution >= 0.6 is 0 Å². The van der Waals surface area contributed by atoms with E-state index < -0.39 is 57.2 Å². The Bertz CT molecular complexity index is 1220. The van der Waals surface area contributed by atoms with Crippen molar-refractivity contribution >= 4 is 50.9 Å². The Morgan fingerprint density at radius 1 is 0.524 bits per heavy atom. The fourth-order valence-corrected chi connectivity index (χ4v) is 8.68. The molecule has 7 unspecified atom stereocenters. The van der Waals surface area contributed by atoms with Gasteiger partial charge >= 0.3 is 21.4 Å². The molecule has 7 aliphatic rings. The molecule has 7 rings (SSSR count). The Hall–Kier alpha value is -3.00. The second kappa shape index (κ2) is 10.0. The highest BCUT2D eigenvalue weighted by atomic mass is 16.3. The number of rotatable bonds is 3. The average Bonchev–Trinajstić information content (AvgIpc) is 3.50. The van der Waals surface area contributed by atoms with E-state index in [0.29, 0.717) is 38.5 Å². The summed E-state index contributed by atoms with van der Waals surface area (Å²) in [5.74, 6) is -4.02. The second-order valence-electron chi connectivity index (χ2n) is 12.8. The van der Waals surface area contributed by atoms with Crippen LogP contribution in [0.3, 0.4) is 0 Å². The van der Waals surface area contributed by atoms with Gasteiger partial charge in [-0.3, -0.25) is 33.6 Å². The van der Waals surface area contributed by atoms with Gasteiger partial charge in [0.2, 0.25) is 29.5 Å². The quantitative estimate of drug-likeness (QED) is 0.268. The zero-order valence-corrected chi connectivity index (χ0v) is 24.2. The number of nitrogens with zero attached hydrogens (tertiary/aromatic N) is 6. The zero-order valence-electron chi connectivity index (χ0n) is 24.2. The number of imide groups is 2. The third-order valence-corrected chi connectivity index (χ3v) is 10.7. The van der Waals surface area contributed by atoms with Crippen molar-refractivity contribution in [3.05, 3.63) is 36.5 Å². The summed E-state index contributed by atoms with van der Waals surface area (Å²) in [4.78, 5) is 73.3. The first-order chi connectivity index (χ1) is 20.1. The smallest absolute Gasteiger partial charge is 0.374 e. The minimum Gasteiger partial charge on any atom is -0.374 e. The molecule has 4 saturated heterocycles. The van der Waals surface area contributed by atoms with Crippen LogP contribution in [0.25, 0.3) is 0 Å². The molecule has 4 aliphatic heterocycles. The molecule has 0 aromatic rings. The van der Waals surface area contributed by atoms with Crippen molar-refractivity contribution in [2.75, 3.05) is 21.1 Å². The standard InChI is InChI=1S/C27H35B3N6O6/c1-31-28(34-22(37)16-10-4-5-11-17(16)23(34)38)32(2)30(36-26(41)20-14-8-9-15-21(20)27(36)42)33(3)29(31)35-24(39)18-12-6-7-13-19(18)25(35)40/h4-9,16-22,37H,10-15H2,1-3H3. The van der Waals surface area contributed by atoms with Crippen molar-refractivity contribution in [1.29, 1.82) is 0 Å². The van der Waals surface area contributed by atoms with Gasteiger partial charge in [0.25, 0.3) is 0 Å². The van der Waals surface area contributed by atoms with Crippen molar-refractivity contribution in [1.82, 2.24) is 28.6 Å². The number of allylic oxidation sites excluding steroid dienone is 6. The lowest BCUT2D eigenvalue weighted by Crippen LogP contribution is -2.86. The van der Waals surface area contributed by atoms with E-state index in [-0.39, 0.29) is 35.5 Å². The van der Waals surface area contributed by atoms with Crippen LogP contribution in [0.2, 0.25) is 0 Å². The molecule has 4 heterocycles. The summed E-state index contributed by atoms with van der Waals surface area (Å²) in [7, 11) is 2.21. The highest BCUT2D eigenvalue weighted by Gasteiger charge is 2.67. The summed E-state index contributed by atoms with van der Waals surface area (Å²) in [6, 6.07) is 0. The molecule has 4 fully saturated rings. The van der Waals surface area contributed by atoms with Gasteiger partial charge in [0.1, 0.15) is 6.23 Å². The Morgan fingerprint density at radius 3 is 1.24 bits per heavy atom. The van der Waals surface area contributed by atoms with E-state index in [4.69, 9.17) is 0 Å². The van der Waals surface area contributed by atoms with Gasteiger partial charge in [-0.2, -0.15) is 0 Å². The average molecular weight is 572 g/mol. The molecule has 0 spiro atoms. The lowest BCUT2D eigenvalue weighted by atomic mass is 9.54. The van der Waals surface area contributed by atoms with E-state index in [0.717, 1.165) is 0 Å². The molecule has 0 radical (unpaired) electrons. The van der Waals surface area contributed by atoms with Crippen LogP contribution in [-0.2, 0) is 24.0 Å². The van der Waals surface area contributed by atoms with Crippen molar-refractivity contribution < 1.29 is 29.1 Å². The normalized spacial score (nSPS) is 37.5. The molecular weight excluding hydrogens is 537 g/mol. The first-order valence-corrected chi connectivity index (χ1v) is 15.0. The maximum absolute atomic E-state index is 13.9. The van der Waals surface area contributed by atoms with Gasteiger partial charge in [0.15, 0.2) is 0 Å². The van der Waals surface area contributed by atoms with Crippen LogP contribution in [0.1, 0.15) is 38.5 Å². The lowest BCUT2D eigenvalue weighted by molar-refractivity contribution is -0.136. The minimum atomic E-state index is -1.11. The third-order valence-electron chi connectivity index (χ3n) is 10.7. The summed E-state index contributed by atoms with van der Waals surface area (Å²) in [6.45, 7) is 0. The maximum atomic E-state index is 13.9. The van der Waals surface area contributed by atoms with Crippen LogP contribution in [0.15, 0.2) is 36.5 Å². The van der Waals surface area contributed by atoms with Crippen LogP contribution in [-0.4, -0.2) is 112 Å². The van der Waals surface area contributed by atoms with E-state index in [9.17, 15) is 29.1 Å². The highest BCUT2D eigenvalue weighted by molar-refractivity contribution is 6.87. The van der Waals surface area contributed by atoms with Crippen LogP contribution in [0.4, 0.5) is 0 Å². The third kappa shape index (κ3) is 3.69. The number of hydrogen-bond donors (Lipinski definition) is 1. The van der Waals surface area contributed by atoms with Gasteiger partial charge < -0.3 is 24.1 Å². The van der Waals surface area contributed by atoms with Crippen molar-refractivity contribution in [3.8, 4) is 0 Å². The Kier molecular flexibility index (Phi) is 6.65. The minimum absolute atomic E-state index is 0.225. The topological polar surface area (TPSA) is 125 Å². The molecule has 12 nitrogen and oxygen atoms in total. The molecule has 3 aliphatic carbocycles. The lowest BCUT2D eigenvalue weighted by Gasteiger charge is -2.54. The molecule has 0 bridgehead atoms. The van der Waals surface area contributed by atoms with Gasteiger partial charge in [-0.15, -0.1) is 0 Å². The second-order valence-corrected chi connectivity index (χ2v) is 12.8. The number of aliphatic hydroxyl groups is 1. The van der Waals surface area contributed by atoms with E-state index in [2.05, 4.69) is 0 Å². The monoisotopic (exact) mass is 572 g/mol. The summed E-state index contributed by atoms with van der Waals surface area (Å²) in [5, 5.41) is 11.5. The van der Waals surface area contributed by atoms with E-state index in [1.807, 2.05) is 36.5 Å². The van der Waals surface area contributed by atoms with Crippen molar-refractivity contribution in [2.45, 2.75) is 44.8 Å². The van der Waals surface area contributed by atoms with Crippen molar-refractivity contribution in [3.63, 3.8) is 0 Å². The number of aliphatic hydroxyl groups excluding tert-OH is 1. The Morgan fingerprint density at radius 2 is 0.857 bits per heavy atom. The highest BCUT2D eigenvalue weighted by Crippen LogP contribution is 2.43. The predicted molar refractivity (Wildman–Crippen MR) is 153 cm³/mol. The first-order valence-electron chi connectivity index (χ1n) is 15.0. The predicted octanol–water partition coefficient (Wildman–Crippen LogP) is -0.604. The van der Waals surface area contributed by atoms with Crippen LogP contribution in [0, 0.1) is 35.5 Å². The fourth-order valence-electron chi connectivity index (χ4n) is 8.68. The molecule has 5 amide bonds. The molecule has 0 aromatic heterocycles. The molecule has 7 atom stereocenters. The van der Waals surface area contributed by atoms with Gasteiger partial charge in [0, 0.05) is 11.8 Å². The maximum Gasteiger partial charge on any atom is 0.428 e. The Labute approximate surface area is 246 Å². The summed E-state index contributed by atoms with van der Waals surface area (Å²) >= 11 is 0. The van der Waals surface area contributed by atoms with Crippen LogP contribution < -0.4 is 0 Å². The number of carbonyl (C=O) groups excluding carboxylic acids is 5. The Balaban J connectivity index is 1.31. The van der Waals surface area contributed by atoms with Gasteiger partial charge in [-0.05, 0) is 59.7 Å². The summed E-state index contributed by atoms with van der Waals surface area (Å²) < 4.78 is 5.18. The van der Waals surface area contributed by atoms with Crippen molar-refractivity contribution in [2.24, 2.45) is 35.5 Å². The van der Waals surface area contributed by atoms with Gasteiger partial charge in [0.05, 0.1) is 23.7 Å². The van der Waals surface area contributed by atoms with Gasteiger partial charge in [-0.25, -0.2) is 0 Å². The van der Waals surface area contributed by atoms with E-state index >= 15 is 0 Å². The summed E-state index contributed by atoms with van der Waals surface area (Å²) in [5.41, 5.74) is 0. The molecule has 1 N–H and O–H groups in total. The van der Waals surface area contributed by atoms with Crippen LogP contribution in [0.5, 0.6) is 0 Å². The molecule has 218 valence electrons. The molecule has 0 saturated carbocycles. The zero-order chi connectivity index (χ0) is 29.6. The molecule has 15 heteroatoms. The molecule has 42 heavy (non-hydrogen) atoms. The number of hydrogen-bond acceptors (Lipinski definition) is 9. The molecular formula is C27H35B3N6O6. The largest absolute Gasteiger partial charge is 0.428 e. The first kappa shape index (κ1) is 27.8. The SMILES string of the molecule is CN1B(N2C(=O)C3CC=CCC3C2=O)N(C)B(N2C(=O)C3CC=CCC3C2O)N(C)B1N1C(=O)C2CC=CCC2C1=O.